The van der Waals surface area contributed by atoms with Crippen molar-refractivity contribution in [2.24, 2.45) is 0 Å². The summed E-state index contributed by atoms with van der Waals surface area (Å²) in [6.45, 7) is -0.187. The van der Waals surface area contributed by atoms with Gasteiger partial charge in [-0.3, -0.25) is 9.78 Å². The normalized spacial score (nSPS) is 10.1. The molecule has 0 saturated heterocycles. The number of aromatic nitrogens is 1. The number of nitrogens with zero attached hydrogens (tertiary/aromatic N) is 1. The number of nitrogens with one attached hydrogen (secondary N) is 1. The third-order valence-corrected chi connectivity index (χ3v) is 2.85. The molecule has 0 unspecified atom stereocenters. The van der Waals surface area contributed by atoms with E-state index >= 15 is 0 Å². The van der Waals surface area contributed by atoms with Crippen molar-refractivity contribution < 1.29 is 9.53 Å². The van der Waals surface area contributed by atoms with Crippen LogP contribution in [0.2, 0.25) is 10.0 Å². The number of halogens is 2. The zero-order valence-electron chi connectivity index (χ0n) is 10.3. The summed E-state index contributed by atoms with van der Waals surface area (Å²) in [5.74, 6) is 0.0452. The van der Waals surface area contributed by atoms with Gasteiger partial charge in [0.1, 0.15) is 5.75 Å². The Bertz CT molecular complexity index is 635. The number of nitrogen functional groups attached to an aromatic ring is 1. The highest BCUT2D eigenvalue weighted by atomic mass is 35.5. The number of carbonyl (C=O) groups is 1. The van der Waals surface area contributed by atoms with E-state index in [-0.39, 0.29) is 12.5 Å². The van der Waals surface area contributed by atoms with E-state index in [0.29, 0.717) is 27.2 Å². The van der Waals surface area contributed by atoms with E-state index < -0.39 is 0 Å². The van der Waals surface area contributed by atoms with E-state index in [1.54, 1.807) is 24.3 Å². The standard InChI is InChI=1S/C13H11Cl2N3O2/c14-8-3-10(6-17-5-8)20-7-13(19)18-12-4-9(16)1-2-11(12)15/h1-6H,7,16H2,(H,18,19). The number of ether oxygens (including phenoxy) is 1. The van der Waals surface area contributed by atoms with Gasteiger partial charge in [-0.1, -0.05) is 23.2 Å². The molecule has 5 nitrogen and oxygen atoms in total. The highest BCUT2D eigenvalue weighted by Crippen LogP contribution is 2.24. The monoisotopic (exact) mass is 311 g/mol. The van der Waals surface area contributed by atoms with Gasteiger partial charge >= 0.3 is 0 Å². The van der Waals surface area contributed by atoms with E-state index in [2.05, 4.69) is 10.3 Å². The van der Waals surface area contributed by atoms with Crippen molar-refractivity contribution in [2.75, 3.05) is 17.7 Å². The van der Waals surface area contributed by atoms with E-state index in [1.165, 1.54) is 12.4 Å². The lowest BCUT2D eigenvalue weighted by atomic mass is 10.3. The molecule has 2 rings (SSSR count). The molecule has 0 bridgehead atoms. The largest absolute Gasteiger partial charge is 0.482 e. The number of amides is 1. The Morgan fingerprint density at radius 2 is 2.10 bits per heavy atom. The average Bonchev–Trinajstić information content (AvgIpc) is 2.41. The molecule has 3 N–H and O–H groups in total. The van der Waals surface area contributed by atoms with Crippen molar-refractivity contribution >= 4 is 40.5 Å². The Labute approximate surface area is 125 Å². The number of benzene rings is 1. The molecule has 20 heavy (non-hydrogen) atoms. The van der Waals surface area contributed by atoms with Crippen LogP contribution in [-0.2, 0) is 4.79 Å². The number of carbonyl (C=O) groups excluding carboxylic acids is 1. The summed E-state index contributed by atoms with van der Waals surface area (Å²) in [4.78, 5) is 15.6. The topological polar surface area (TPSA) is 77.2 Å². The van der Waals surface area contributed by atoms with Gasteiger partial charge in [0.2, 0.25) is 0 Å². The minimum Gasteiger partial charge on any atom is -0.482 e. The van der Waals surface area contributed by atoms with Crippen LogP contribution in [-0.4, -0.2) is 17.5 Å². The lowest BCUT2D eigenvalue weighted by Crippen LogP contribution is -2.20. The quantitative estimate of drug-likeness (QED) is 0.851. The Hall–Kier alpha value is -1.98. The van der Waals surface area contributed by atoms with Crippen molar-refractivity contribution in [3.63, 3.8) is 0 Å². The fourth-order valence-electron chi connectivity index (χ4n) is 1.45. The zero-order valence-corrected chi connectivity index (χ0v) is 11.8. The molecular formula is C13H11Cl2N3O2. The summed E-state index contributed by atoms with van der Waals surface area (Å²) in [5.41, 5.74) is 6.56. The maximum absolute atomic E-state index is 11.7. The van der Waals surface area contributed by atoms with E-state index in [4.69, 9.17) is 33.7 Å². The Morgan fingerprint density at radius 1 is 1.30 bits per heavy atom. The molecule has 1 heterocycles. The second-order valence-electron chi connectivity index (χ2n) is 3.91. The summed E-state index contributed by atoms with van der Waals surface area (Å²) >= 11 is 11.7. The molecule has 0 aliphatic rings. The Kier molecular flexibility index (Phi) is 4.65. The van der Waals surface area contributed by atoms with Gasteiger partial charge in [0.15, 0.2) is 6.61 Å². The highest BCUT2D eigenvalue weighted by molar-refractivity contribution is 6.33. The van der Waals surface area contributed by atoms with Gasteiger partial charge in [-0.25, -0.2) is 0 Å². The van der Waals surface area contributed by atoms with Crippen LogP contribution in [0.25, 0.3) is 0 Å². The number of pyridine rings is 1. The first-order valence-electron chi connectivity index (χ1n) is 5.63. The SMILES string of the molecule is Nc1ccc(Cl)c(NC(=O)COc2cncc(Cl)c2)c1. The molecule has 104 valence electrons. The first-order chi connectivity index (χ1) is 9.54. The number of hydrogen-bond acceptors (Lipinski definition) is 4. The number of anilines is 2. The molecule has 7 heteroatoms. The first kappa shape index (κ1) is 14.4. The molecule has 0 fully saturated rings. The van der Waals surface area contributed by atoms with Crippen LogP contribution in [0, 0.1) is 0 Å². The van der Waals surface area contributed by atoms with Gasteiger partial charge in [0.25, 0.3) is 5.91 Å². The molecule has 2 aromatic rings. The van der Waals surface area contributed by atoms with Crippen molar-refractivity contribution in [3.05, 3.63) is 46.7 Å². The molecule has 0 aliphatic heterocycles. The molecular weight excluding hydrogens is 301 g/mol. The van der Waals surface area contributed by atoms with Crippen LogP contribution in [0.5, 0.6) is 5.75 Å². The number of hydrogen-bond donors (Lipinski definition) is 2. The van der Waals surface area contributed by atoms with Gasteiger partial charge in [0.05, 0.1) is 21.9 Å². The third-order valence-electron chi connectivity index (χ3n) is 2.31. The Morgan fingerprint density at radius 3 is 2.85 bits per heavy atom. The summed E-state index contributed by atoms with van der Waals surface area (Å²) < 4.78 is 5.26. The molecule has 0 radical (unpaired) electrons. The van der Waals surface area contributed by atoms with Crippen LogP contribution in [0.1, 0.15) is 0 Å². The van der Waals surface area contributed by atoms with Crippen molar-refractivity contribution in [1.82, 2.24) is 4.98 Å². The minimum absolute atomic E-state index is 0.187. The number of rotatable bonds is 4. The molecule has 0 aliphatic carbocycles. The van der Waals surface area contributed by atoms with Gasteiger partial charge in [-0.15, -0.1) is 0 Å². The minimum atomic E-state index is -0.363. The maximum atomic E-state index is 11.7. The second kappa shape index (κ2) is 6.45. The van der Waals surface area contributed by atoms with Crippen LogP contribution in [0.4, 0.5) is 11.4 Å². The summed E-state index contributed by atoms with van der Waals surface area (Å²) in [5, 5.41) is 3.44. The molecule has 0 saturated carbocycles. The van der Waals surface area contributed by atoms with Gasteiger partial charge in [0, 0.05) is 18.0 Å². The van der Waals surface area contributed by atoms with Gasteiger partial charge in [-0.2, -0.15) is 0 Å². The van der Waals surface area contributed by atoms with Crippen molar-refractivity contribution in [1.29, 1.82) is 0 Å². The second-order valence-corrected chi connectivity index (χ2v) is 4.76. The van der Waals surface area contributed by atoms with Crippen molar-refractivity contribution in [2.45, 2.75) is 0 Å². The fourth-order valence-corrected chi connectivity index (χ4v) is 1.77. The first-order valence-corrected chi connectivity index (χ1v) is 6.38. The predicted molar refractivity (Wildman–Crippen MR) is 79.2 cm³/mol. The summed E-state index contributed by atoms with van der Waals surface area (Å²) in [6, 6.07) is 6.39. The molecule has 1 aromatic carbocycles. The molecule has 1 aromatic heterocycles. The zero-order chi connectivity index (χ0) is 14.5. The van der Waals surface area contributed by atoms with Crippen LogP contribution in [0.15, 0.2) is 36.7 Å². The molecule has 0 spiro atoms. The average molecular weight is 312 g/mol. The Balaban J connectivity index is 1.94. The number of nitrogens with two attached hydrogens (primary N) is 1. The smallest absolute Gasteiger partial charge is 0.262 e. The summed E-state index contributed by atoms with van der Waals surface area (Å²) in [7, 11) is 0. The van der Waals surface area contributed by atoms with Crippen LogP contribution in [0.3, 0.4) is 0 Å². The van der Waals surface area contributed by atoms with Gasteiger partial charge < -0.3 is 15.8 Å². The maximum Gasteiger partial charge on any atom is 0.262 e. The van der Waals surface area contributed by atoms with Crippen LogP contribution < -0.4 is 15.8 Å². The fraction of sp³-hybridized carbons (Fsp3) is 0.0769. The van der Waals surface area contributed by atoms with Crippen molar-refractivity contribution in [3.8, 4) is 5.75 Å². The third kappa shape index (κ3) is 4.01. The summed E-state index contributed by atoms with van der Waals surface area (Å²) in [6.07, 6.45) is 2.94. The lowest BCUT2D eigenvalue weighted by molar-refractivity contribution is -0.118. The lowest BCUT2D eigenvalue weighted by Gasteiger charge is -2.09. The molecule has 1 amide bonds. The predicted octanol–water partition coefficient (Wildman–Crippen LogP) is 2.99. The molecule has 0 atom stereocenters. The van der Waals surface area contributed by atoms with Crippen LogP contribution >= 0.6 is 23.2 Å². The van der Waals surface area contributed by atoms with E-state index in [9.17, 15) is 4.79 Å². The van der Waals surface area contributed by atoms with E-state index in [0.717, 1.165) is 0 Å². The van der Waals surface area contributed by atoms with E-state index in [1.807, 2.05) is 0 Å². The highest BCUT2D eigenvalue weighted by Gasteiger charge is 2.07. The van der Waals surface area contributed by atoms with Gasteiger partial charge in [-0.05, 0) is 18.2 Å².